The van der Waals surface area contributed by atoms with Crippen LogP contribution in [0.15, 0.2) is 0 Å². The van der Waals surface area contributed by atoms with E-state index in [1.54, 1.807) is 6.92 Å². The minimum atomic E-state index is -0.587. The van der Waals surface area contributed by atoms with Gasteiger partial charge in [0.15, 0.2) is 0 Å². The van der Waals surface area contributed by atoms with Crippen LogP contribution in [0.2, 0.25) is 0 Å². The molecule has 0 amide bonds. The molecule has 13 heavy (non-hydrogen) atoms. The molecule has 1 rings (SSSR count). The Morgan fingerprint density at radius 2 is 2.38 bits per heavy atom. The lowest BCUT2D eigenvalue weighted by Gasteiger charge is -2.24. The molecule has 0 bridgehead atoms. The highest BCUT2D eigenvalue weighted by Gasteiger charge is 2.32. The summed E-state index contributed by atoms with van der Waals surface area (Å²) in [5.74, 6) is -0.993. The first-order chi connectivity index (χ1) is 6.15. The molecule has 0 radical (unpaired) electrons. The Morgan fingerprint density at radius 3 is 2.92 bits per heavy atom. The van der Waals surface area contributed by atoms with Gasteiger partial charge in [-0.1, -0.05) is 0 Å². The van der Waals surface area contributed by atoms with E-state index < -0.39 is 11.9 Å². The monoisotopic (exact) mass is 185 g/mol. The lowest BCUT2D eigenvalue weighted by molar-refractivity contribution is -0.152. The summed E-state index contributed by atoms with van der Waals surface area (Å²) in [7, 11) is 0. The minimum absolute atomic E-state index is 0.00954. The second kappa shape index (κ2) is 4.37. The lowest BCUT2D eigenvalue weighted by atomic mass is 9.94. The number of ketones is 1. The molecule has 0 aromatic heterocycles. The van der Waals surface area contributed by atoms with Gasteiger partial charge in [0.1, 0.15) is 11.7 Å². The molecule has 1 aliphatic heterocycles. The molecular weight excluding hydrogens is 170 g/mol. The first-order valence-corrected chi connectivity index (χ1v) is 4.58. The Kier molecular flexibility index (Phi) is 3.42. The van der Waals surface area contributed by atoms with Gasteiger partial charge in [-0.3, -0.25) is 9.59 Å². The van der Waals surface area contributed by atoms with E-state index in [-0.39, 0.29) is 11.8 Å². The van der Waals surface area contributed by atoms with Crippen molar-refractivity contribution in [3.05, 3.63) is 0 Å². The summed E-state index contributed by atoms with van der Waals surface area (Å²) in [5, 5.41) is 3.08. The van der Waals surface area contributed by atoms with Crippen molar-refractivity contribution in [2.24, 2.45) is 5.92 Å². The molecule has 0 saturated carbocycles. The van der Waals surface area contributed by atoms with Gasteiger partial charge in [-0.15, -0.1) is 0 Å². The summed E-state index contributed by atoms with van der Waals surface area (Å²) in [5.41, 5.74) is 0. The SMILES string of the molecule is CCOC(=O)C1CNC(C)CC1=O. The van der Waals surface area contributed by atoms with Crippen molar-refractivity contribution in [1.82, 2.24) is 5.32 Å². The smallest absolute Gasteiger partial charge is 0.317 e. The van der Waals surface area contributed by atoms with E-state index in [0.717, 1.165) is 0 Å². The Hall–Kier alpha value is -0.900. The maximum Gasteiger partial charge on any atom is 0.317 e. The van der Waals surface area contributed by atoms with Crippen molar-refractivity contribution < 1.29 is 14.3 Å². The van der Waals surface area contributed by atoms with E-state index in [2.05, 4.69) is 5.32 Å². The van der Waals surface area contributed by atoms with Gasteiger partial charge in [0.05, 0.1) is 6.61 Å². The van der Waals surface area contributed by atoms with Crippen LogP contribution in [0, 0.1) is 5.92 Å². The maximum atomic E-state index is 11.4. The molecule has 0 spiro atoms. The van der Waals surface area contributed by atoms with Crippen molar-refractivity contribution in [3.8, 4) is 0 Å². The van der Waals surface area contributed by atoms with Crippen LogP contribution in [0.25, 0.3) is 0 Å². The second-order valence-corrected chi connectivity index (χ2v) is 3.28. The fourth-order valence-electron chi connectivity index (χ4n) is 1.41. The molecular formula is C9H15NO3. The molecule has 1 heterocycles. The van der Waals surface area contributed by atoms with Crippen LogP contribution in [0.5, 0.6) is 0 Å². The largest absolute Gasteiger partial charge is 0.465 e. The first kappa shape index (κ1) is 10.2. The number of hydrogen-bond donors (Lipinski definition) is 1. The van der Waals surface area contributed by atoms with Crippen LogP contribution >= 0.6 is 0 Å². The Labute approximate surface area is 77.6 Å². The van der Waals surface area contributed by atoms with Crippen LogP contribution in [0.3, 0.4) is 0 Å². The van der Waals surface area contributed by atoms with Gasteiger partial charge in [-0.05, 0) is 13.8 Å². The number of Topliss-reactive ketones (excluding diaryl/α,β-unsaturated/α-hetero) is 1. The molecule has 0 aliphatic carbocycles. The number of rotatable bonds is 2. The van der Waals surface area contributed by atoms with E-state index >= 15 is 0 Å². The van der Waals surface area contributed by atoms with Gasteiger partial charge in [0.2, 0.25) is 0 Å². The quantitative estimate of drug-likeness (QED) is 0.490. The standard InChI is InChI=1S/C9H15NO3/c1-3-13-9(12)7-5-10-6(2)4-8(7)11/h6-7,10H,3-5H2,1-2H3. The molecule has 1 saturated heterocycles. The summed E-state index contributed by atoms with van der Waals surface area (Å²) in [4.78, 5) is 22.6. The van der Waals surface area contributed by atoms with Gasteiger partial charge in [-0.25, -0.2) is 0 Å². The van der Waals surface area contributed by atoms with E-state index in [0.29, 0.717) is 19.6 Å². The van der Waals surface area contributed by atoms with E-state index in [1.165, 1.54) is 0 Å². The first-order valence-electron chi connectivity index (χ1n) is 4.58. The summed E-state index contributed by atoms with van der Waals surface area (Å²) in [6.07, 6.45) is 0.420. The number of carbonyl (C=O) groups excluding carboxylic acids is 2. The third-order valence-electron chi connectivity index (χ3n) is 2.14. The maximum absolute atomic E-state index is 11.4. The van der Waals surface area contributed by atoms with Crippen molar-refractivity contribution in [3.63, 3.8) is 0 Å². The molecule has 4 heteroatoms. The van der Waals surface area contributed by atoms with Crippen LogP contribution in [-0.2, 0) is 14.3 Å². The highest BCUT2D eigenvalue weighted by molar-refractivity contribution is 6.00. The average Bonchev–Trinajstić information content (AvgIpc) is 2.04. The highest BCUT2D eigenvalue weighted by atomic mass is 16.5. The van der Waals surface area contributed by atoms with Gasteiger partial charge in [0, 0.05) is 19.0 Å². The summed E-state index contributed by atoms with van der Waals surface area (Å²) < 4.78 is 4.79. The second-order valence-electron chi connectivity index (χ2n) is 3.28. The molecule has 0 aromatic rings. The normalized spacial score (nSPS) is 28.6. The number of piperidine rings is 1. The fourth-order valence-corrected chi connectivity index (χ4v) is 1.41. The third-order valence-corrected chi connectivity index (χ3v) is 2.14. The van der Waals surface area contributed by atoms with Crippen LogP contribution in [0.4, 0.5) is 0 Å². The molecule has 1 N–H and O–H groups in total. The van der Waals surface area contributed by atoms with Crippen molar-refractivity contribution in [2.75, 3.05) is 13.2 Å². The van der Waals surface area contributed by atoms with Gasteiger partial charge in [0.25, 0.3) is 0 Å². The summed E-state index contributed by atoms with van der Waals surface area (Å²) in [6, 6.07) is 0.179. The van der Waals surface area contributed by atoms with Gasteiger partial charge < -0.3 is 10.1 Å². The molecule has 0 aromatic carbocycles. The van der Waals surface area contributed by atoms with Crippen LogP contribution < -0.4 is 5.32 Å². The minimum Gasteiger partial charge on any atom is -0.465 e. The lowest BCUT2D eigenvalue weighted by Crippen LogP contribution is -2.46. The molecule has 1 fully saturated rings. The number of carbonyl (C=O) groups is 2. The zero-order valence-electron chi connectivity index (χ0n) is 8.00. The molecule has 74 valence electrons. The summed E-state index contributed by atoms with van der Waals surface area (Å²) >= 11 is 0. The molecule has 2 atom stereocenters. The topological polar surface area (TPSA) is 55.4 Å². The molecule has 4 nitrogen and oxygen atoms in total. The predicted molar refractivity (Wildman–Crippen MR) is 47.2 cm³/mol. The zero-order chi connectivity index (χ0) is 9.84. The van der Waals surface area contributed by atoms with Gasteiger partial charge in [-0.2, -0.15) is 0 Å². The Bertz CT molecular complexity index is 207. The van der Waals surface area contributed by atoms with Crippen molar-refractivity contribution >= 4 is 11.8 Å². The Balaban J connectivity index is 2.51. The molecule has 2 unspecified atom stereocenters. The van der Waals surface area contributed by atoms with Crippen LogP contribution in [-0.4, -0.2) is 30.9 Å². The third kappa shape index (κ3) is 2.52. The van der Waals surface area contributed by atoms with E-state index in [4.69, 9.17) is 4.74 Å². The average molecular weight is 185 g/mol. The van der Waals surface area contributed by atoms with E-state index in [1.807, 2.05) is 6.92 Å². The summed E-state index contributed by atoms with van der Waals surface area (Å²) in [6.45, 7) is 4.41. The van der Waals surface area contributed by atoms with Crippen molar-refractivity contribution in [2.45, 2.75) is 26.3 Å². The molecule has 1 aliphatic rings. The highest BCUT2D eigenvalue weighted by Crippen LogP contribution is 2.11. The zero-order valence-corrected chi connectivity index (χ0v) is 8.00. The van der Waals surface area contributed by atoms with E-state index in [9.17, 15) is 9.59 Å². The van der Waals surface area contributed by atoms with Crippen LogP contribution in [0.1, 0.15) is 20.3 Å². The number of hydrogen-bond acceptors (Lipinski definition) is 4. The number of nitrogens with one attached hydrogen (secondary N) is 1. The fraction of sp³-hybridized carbons (Fsp3) is 0.778. The van der Waals surface area contributed by atoms with Crippen molar-refractivity contribution in [1.29, 1.82) is 0 Å². The predicted octanol–water partition coefficient (Wildman–Crippen LogP) is 0.117. The van der Waals surface area contributed by atoms with Gasteiger partial charge >= 0.3 is 5.97 Å². The number of ether oxygens (including phenoxy) is 1. The number of esters is 1. The Morgan fingerprint density at radius 1 is 1.69 bits per heavy atom.